The molecule has 1 aliphatic rings. The molecule has 5 heteroatoms. The summed E-state index contributed by atoms with van der Waals surface area (Å²) in [5.41, 5.74) is 2.00. The Morgan fingerprint density at radius 1 is 1.22 bits per heavy atom. The van der Waals surface area contributed by atoms with Gasteiger partial charge in [-0.25, -0.2) is 14.6 Å². The van der Waals surface area contributed by atoms with Crippen molar-refractivity contribution in [1.29, 1.82) is 0 Å². The van der Waals surface area contributed by atoms with Gasteiger partial charge in [0.2, 0.25) is 0 Å². The lowest BCUT2D eigenvalue weighted by Gasteiger charge is -2.04. The predicted molar refractivity (Wildman–Crippen MR) is 70.1 cm³/mol. The van der Waals surface area contributed by atoms with Crippen LogP contribution in [0.3, 0.4) is 0 Å². The van der Waals surface area contributed by atoms with Crippen LogP contribution >= 0.6 is 11.6 Å². The molecule has 0 saturated heterocycles. The van der Waals surface area contributed by atoms with E-state index in [-0.39, 0.29) is 0 Å². The van der Waals surface area contributed by atoms with Crippen LogP contribution in [0.2, 0.25) is 5.15 Å². The molecule has 0 aromatic carbocycles. The van der Waals surface area contributed by atoms with Crippen molar-refractivity contribution in [2.24, 2.45) is 0 Å². The Morgan fingerprint density at radius 3 is 2.72 bits per heavy atom. The fourth-order valence-corrected chi connectivity index (χ4v) is 2.75. The molecule has 1 fully saturated rings. The molecular formula is C13H15ClN4. The molecule has 94 valence electrons. The van der Waals surface area contributed by atoms with Crippen LogP contribution in [0, 0.1) is 6.92 Å². The average molecular weight is 263 g/mol. The fourth-order valence-electron chi connectivity index (χ4n) is 2.51. The lowest BCUT2D eigenvalue weighted by molar-refractivity contribution is 0.675. The molecule has 2 aromatic rings. The highest BCUT2D eigenvalue weighted by Gasteiger charge is 2.21. The molecule has 0 spiro atoms. The van der Waals surface area contributed by atoms with Gasteiger partial charge in [-0.3, -0.25) is 0 Å². The zero-order valence-electron chi connectivity index (χ0n) is 10.3. The van der Waals surface area contributed by atoms with Gasteiger partial charge in [-0.1, -0.05) is 24.4 Å². The molecular weight excluding hydrogens is 248 g/mol. The van der Waals surface area contributed by atoms with Gasteiger partial charge in [-0.2, -0.15) is 5.10 Å². The van der Waals surface area contributed by atoms with Crippen molar-refractivity contribution in [3.8, 4) is 5.82 Å². The van der Waals surface area contributed by atoms with E-state index < -0.39 is 0 Å². The summed E-state index contributed by atoms with van der Waals surface area (Å²) in [6.45, 7) is 1.93. The van der Waals surface area contributed by atoms with Crippen molar-refractivity contribution in [3.63, 3.8) is 0 Å². The SMILES string of the molecule is Cc1cc(-n2nc(C3CCCC3)cc2Cl)ncn1. The van der Waals surface area contributed by atoms with Gasteiger partial charge in [-0.05, 0) is 25.8 Å². The molecule has 18 heavy (non-hydrogen) atoms. The Morgan fingerprint density at radius 2 is 2.00 bits per heavy atom. The number of hydrogen-bond donors (Lipinski definition) is 0. The van der Waals surface area contributed by atoms with Crippen LogP contribution in [0.5, 0.6) is 0 Å². The molecule has 0 radical (unpaired) electrons. The fraction of sp³-hybridized carbons (Fsp3) is 0.462. The van der Waals surface area contributed by atoms with Crippen LogP contribution in [0.25, 0.3) is 5.82 Å². The first kappa shape index (κ1) is 11.7. The van der Waals surface area contributed by atoms with Gasteiger partial charge in [0.05, 0.1) is 5.69 Å². The number of rotatable bonds is 2. The molecule has 0 atom stereocenters. The van der Waals surface area contributed by atoms with E-state index in [4.69, 9.17) is 11.6 Å². The van der Waals surface area contributed by atoms with E-state index in [0.717, 1.165) is 17.2 Å². The molecule has 0 aliphatic heterocycles. The molecule has 1 saturated carbocycles. The number of aryl methyl sites for hydroxylation is 1. The zero-order valence-corrected chi connectivity index (χ0v) is 11.1. The first-order chi connectivity index (χ1) is 8.74. The van der Waals surface area contributed by atoms with E-state index in [0.29, 0.717) is 11.1 Å². The van der Waals surface area contributed by atoms with Crippen LogP contribution in [0.4, 0.5) is 0 Å². The summed E-state index contributed by atoms with van der Waals surface area (Å²) < 4.78 is 1.70. The maximum Gasteiger partial charge on any atom is 0.158 e. The van der Waals surface area contributed by atoms with Gasteiger partial charge in [-0.15, -0.1) is 0 Å². The largest absolute Gasteiger partial charge is 0.242 e. The van der Waals surface area contributed by atoms with E-state index in [1.807, 2.05) is 19.1 Å². The van der Waals surface area contributed by atoms with Crippen molar-refractivity contribution in [2.75, 3.05) is 0 Å². The minimum atomic E-state index is 0.562. The minimum absolute atomic E-state index is 0.562. The van der Waals surface area contributed by atoms with Crippen LogP contribution in [-0.4, -0.2) is 19.7 Å². The first-order valence-corrected chi connectivity index (χ1v) is 6.66. The van der Waals surface area contributed by atoms with E-state index in [9.17, 15) is 0 Å². The topological polar surface area (TPSA) is 43.6 Å². The van der Waals surface area contributed by atoms with Crippen LogP contribution < -0.4 is 0 Å². The predicted octanol–water partition coefficient (Wildman–Crippen LogP) is 3.28. The van der Waals surface area contributed by atoms with Gasteiger partial charge >= 0.3 is 0 Å². The van der Waals surface area contributed by atoms with Gasteiger partial charge in [0.1, 0.15) is 11.5 Å². The van der Waals surface area contributed by atoms with E-state index in [2.05, 4.69) is 15.1 Å². The Bertz CT molecular complexity index is 558. The molecule has 1 aliphatic carbocycles. The third-order valence-corrected chi connectivity index (χ3v) is 3.73. The molecule has 2 aromatic heterocycles. The molecule has 2 heterocycles. The first-order valence-electron chi connectivity index (χ1n) is 6.28. The maximum atomic E-state index is 6.25. The van der Waals surface area contributed by atoms with Crippen molar-refractivity contribution in [3.05, 3.63) is 35.0 Å². The Kier molecular flexibility index (Phi) is 3.04. The van der Waals surface area contributed by atoms with Gasteiger partial charge in [0, 0.05) is 17.7 Å². The highest BCUT2D eigenvalue weighted by Crippen LogP contribution is 2.34. The lowest BCUT2D eigenvalue weighted by atomic mass is 10.1. The second-order valence-corrected chi connectivity index (χ2v) is 5.19. The summed E-state index contributed by atoms with van der Waals surface area (Å²) in [7, 11) is 0. The number of halogens is 1. The van der Waals surface area contributed by atoms with E-state index >= 15 is 0 Å². The number of nitrogens with zero attached hydrogens (tertiary/aromatic N) is 4. The van der Waals surface area contributed by atoms with Crippen molar-refractivity contribution >= 4 is 11.6 Å². The number of aromatic nitrogens is 4. The molecule has 4 nitrogen and oxygen atoms in total. The monoisotopic (exact) mass is 262 g/mol. The van der Waals surface area contributed by atoms with Crippen molar-refractivity contribution in [1.82, 2.24) is 19.7 Å². The Labute approximate surface area is 111 Å². The minimum Gasteiger partial charge on any atom is -0.242 e. The van der Waals surface area contributed by atoms with E-state index in [1.54, 1.807) is 4.68 Å². The highest BCUT2D eigenvalue weighted by molar-refractivity contribution is 6.29. The quantitative estimate of drug-likeness (QED) is 0.834. The summed E-state index contributed by atoms with van der Waals surface area (Å²) in [6.07, 6.45) is 6.56. The van der Waals surface area contributed by atoms with Gasteiger partial charge in [0.15, 0.2) is 5.82 Å². The van der Waals surface area contributed by atoms with Crippen LogP contribution in [-0.2, 0) is 0 Å². The summed E-state index contributed by atoms with van der Waals surface area (Å²) in [5.74, 6) is 1.29. The molecule has 0 bridgehead atoms. The average Bonchev–Trinajstić information content (AvgIpc) is 2.97. The second-order valence-electron chi connectivity index (χ2n) is 4.80. The van der Waals surface area contributed by atoms with Gasteiger partial charge in [0.25, 0.3) is 0 Å². The highest BCUT2D eigenvalue weighted by atomic mass is 35.5. The van der Waals surface area contributed by atoms with Crippen molar-refractivity contribution < 1.29 is 0 Å². The smallest absolute Gasteiger partial charge is 0.158 e. The molecule has 3 rings (SSSR count). The Balaban J connectivity index is 1.97. The summed E-state index contributed by atoms with van der Waals surface area (Å²) in [6, 6.07) is 3.85. The third-order valence-electron chi connectivity index (χ3n) is 3.46. The lowest BCUT2D eigenvalue weighted by Crippen LogP contribution is -2.02. The summed E-state index contributed by atoms with van der Waals surface area (Å²) in [5, 5.41) is 5.22. The second kappa shape index (κ2) is 4.69. The molecule has 0 amide bonds. The van der Waals surface area contributed by atoms with Gasteiger partial charge < -0.3 is 0 Å². The van der Waals surface area contributed by atoms with E-state index in [1.165, 1.54) is 32.0 Å². The van der Waals surface area contributed by atoms with Crippen LogP contribution in [0.15, 0.2) is 18.5 Å². The number of hydrogen-bond acceptors (Lipinski definition) is 3. The maximum absolute atomic E-state index is 6.25. The Hall–Kier alpha value is -1.42. The standard InChI is InChI=1S/C13H15ClN4/c1-9-6-13(16-8-15-9)18-12(14)7-11(17-18)10-4-2-3-5-10/h6-8,10H,2-5H2,1H3. The third kappa shape index (κ3) is 2.12. The molecule has 0 unspecified atom stereocenters. The molecule has 0 N–H and O–H groups in total. The summed E-state index contributed by atoms with van der Waals surface area (Å²) >= 11 is 6.25. The summed E-state index contributed by atoms with van der Waals surface area (Å²) in [4.78, 5) is 8.30. The zero-order chi connectivity index (χ0) is 12.5. The van der Waals surface area contributed by atoms with Crippen molar-refractivity contribution in [2.45, 2.75) is 38.5 Å². The van der Waals surface area contributed by atoms with Crippen LogP contribution in [0.1, 0.15) is 43.0 Å². The normalized spacial score (nSPS) is 16.3.